The molecular weight excluding hydrogens is 372 g/mol. The van der Waals surface area contributed by atoms with Gasteiger partial charge >= 0.3 is 0 Å². The Bertz CT molecular complexity index is 954. The number of sulfonamides is 1. The molecule has 0 saturated carbocycles. The maximum absolute atomic E-state index is 13.1. The van der Waals surface area contributed by atoms with Crippen molar-refractivity contribution in [2.45, 2.75) is 54.0 Å². The molecular formula is C22H30N2O3S. The van der Waals surface area contributed by atoms with Crippen LogP contribution in [0.4, 0.5) is 11.4 Å². The standard InChI is InChI=1S/C22H30N2O3S/c1-8-20(22(25)23-21-17(5)10-16(4)11-18(21)6)24(28(7,26)27)19-12-14(2)9-15(3)13-19/h9-13,20H,8H2,1-7H3,(H,23,25). The Morgan fingerprint density at radius 3 is 1.82 bits per heavy atom. The molecule has 0 aromatic heterocycles. The molecule has 0 radical (unpaired) electrons. The molecule has 1 amide bonds. The summed E-state index contributed by atoms with van der Waals surface area (Å²) >= 11 is 0. The normalized spacial score (nSPS) is 12.5. The molecule has 1 atom stereocenters. The van der Waals surface area contributed by atoms with Crippen LogP contribution in [-0.4, -0.2) is 26.6 Å². The van der Waals surface area contributed by atoms with E-state index in [1.165, 1.54) is 4.31 Å². The lowest BCUT2D eigenvalue weighted by Crippen LogP contribution is -2.47. The van der Waals surface area contributed by atoms with Crippen molar-refractivity contribution in [2.75, 3.05) is 15.9 Å². The van der Waals surface area contributed by atoms with E-state index in [1.54, 1.807) is 12.1 Å². The Kier molecular flexibility index (Phi) is 6.55. The van der Waals surface area contributed by atoms with Gasteiger partial charge in [-0.1, -0.05) is 30.7 Å². The van der Waals surface area contributed by atoms with Gasteiger partial charge < -0.3 is 5.32 Å². The second-order valence-corrected chi connectivity index (χ2v) is 9.45. The molecule has 0 bridgehead atoms. The molecule has 0 aliphatic carbocycles. The third-order valence-electron chi connectivity index (χ3n) is 4.72. The van der Waals surface area contributed by atoms with Crippen LogP contribution in [0, 0.1) is 34.6 Å². The molecule has 0 aliphatic heterocycles. The summed E-state index contributed by atoms with van der Waals surface area (Å²) in [4.78, 5) is 13.1. The fourth-order valence-corrected chi connectivity index (χ4v) is 4.92. The lowest BCUT2D eigenvalue weighted by Gasteiger charge is -2.31. The second-order valence-electron chi connectivity index (χ2n) is 7.59. The molecule has 0 aliphatic rings. The van der Waals surface area contributed by atoms with Gasteiger partial charge in [0.15, 0.2) is 0 Å². The average molecular weight is 403 g/mol. The first-order valence-electron chi connectivity index (χ1n) is 9.40. The average Bonchev–Trinajstić information content (AvgIpc) is 2.53. The molecule has 2 aromatic carbocycles. The Morgan fingerprint density at radius 1 is 0.929 bits per heavy atom. The van der Waals surface area contributed by atoms with Gasteiger partial charge in [-0.2, -0.15) is 0 Å². The zero-order valence-electron chi connectivity index (χ0n) is 17.8. The summed E-state index contributed by atoms with van der Waals surface area (Å²) in [6, 6.07) is 8.74. The number of rotatable bonds is 6. The summed E-state index contributed by atoms with van der Waals surface area (Å²) < 4.78 is 26.5. The van der Waals surface area contributed by atoms with E-state index in [4.69, 9.17) is 0 Å². The Hall–Kier alpha value is -2.34. The quantitative estimate of drug-likeness (QED) is 0.778. The fourth-order valence-electron chi connectivity index (χ4n) is 3.72. The number of hydrogen-bond acceptors (Lipinski definition) is 3. The van der Waals surface area contributed by atoms with E-state index in [0.29, 0.717) is 12.1 Å². The lowest BCUT2D eigenvalue weighted by atomic mass is 10.0. The Labute approximate surface area is 168 Å². The smallest absolute Gasteiger partial charge is 0.248 e. The van der Waals surface area contributed by atoms with Crippen molar-refractivity contribution in [3.05, 3.63) is 58.1 Å². The van der Waals surface area contributed by atoms with Crippen molar-refractivity contribution in [1.29, 1.82) is 0 Å². The molecule has 2 rings (SSSR count). The summed E-state index contributed by atoms with van der Waals surface area (Å²) in [6.07, 6.45) is 1.50. The highest BCUT2D eigenvalue weighted by molar-refractivity contribution is 7.92. The lowest BCUT2D eigenvalue weighted by molar-refractivity contribution is -0.117. The van der Waals surface area contributed by atoms with Crippen molar-refractivity contribution < 1.29 is 13.2 Å². The fraction of sp³-hybridized carbons (Fsp3) is 0.409. The minimum absolute atomic E-state index is 0.331. The number of hydrogen-bond donors (Lipinski definition) is 1. The summed E-state index contributed by atoms with van der Waals surface area (Å²) in [6.45, 7) is 11.5. The number of aryl methyl sites for hydroxylation is 5. The van der Waals surface area contributed by atoms with Crippen LogP contribution in [0.2, 0.25) is 0 Å². The van der Waals surface area contributed by atoms with E-state index >= 15 is 0 Å². The van der Waals surface area contributed by atoms with Crippen molar-refractivity contribution in [1.82, 2.24) is 0 Å². The van der Waals surface area contributed by atoms with Crippen LogP contribution in [-0.2, 0) is 14.8 Å². The predicted molar refractivity (Wildman–Crippen MR) is 117 cm³/mol. The van der Waals surface area contributed by atoms with Crippen LogP contribution in [0.15, 0.2) is 30.3 Å². The molecule has 0 heterocycles. The molecule has 152 valence electrons. The number of amides is 1. The van der Waals surface area contributed by atoms with Crippen molar-refractivity contribution in [3.8, 4) is 0 Å². The number of carbonyl (C=O) groups excluding carboxylic acids is 1. The summed E-state index contributed by atoms with van der Waals surface area (Å²) in [5.41, 5.74) is 6.18. The predicted octanol–water partition coefficient (Wildman–Crippen LogP) is 4.41. The van der Waals surface area contributed by atoms with Gasteiger partial charge in [-0.3, -0.25) is 9.10 Å². The molecule has 0 fully saturated rings. The largest absolute Gasteiger partial charge is 0.324 e. The Morgan fingerprint density at radius 2 is 1.39 bits per heavy atom. The van der Waals surface area contributed by atoms with Gasteiger partial charge in [0.05, 0.1) is 11.9 Å². The zero-order chi connectivity index (χ0) is 21.2. The van der Waals surface area contributed by atoms with Gasteiger partial charge in [0, 0.05) is 5.69 Å². The molecule has 1 unspecified atom stereocenters. The summed E-state index contributed by atoms with van der Waals surface area (Å²) in [5.74, 6) is -0.331. The van der Waals surface area contributed by atoms with Crippen LogP contribution in [0.3, 0.4) is 0 Å². The maximum atomic E-state index is 13.1. The van der Waals surface area contributed by atoms with E-state index in [-0.39, 0.29) is 5.91 Å². The highest BCUT2D eigenvalue weighted by atomic mass is 32.2. The van der Waals surface area contributed by atoms with E-state index in [9.17, 15) is 13.2 Å². The molecule has 5 nitrogen and oxygen atoms in total. The van der Waals surface area contributed by atoms with Crippen molar-refractivity contribution in [3.63, 3.8) is 0 Å². The first-order valence-corrected chi connectivity index (χ1v) is 11.2. The highest BCUT2D eigenvalue weighted by Gasteiger charge is 2.32. The topological polar surface area (TPSA) is 66.5 Å². The van der Waals surface area contributed by atoms with E-state index in [1.807, 2.05) is 59.7 Å². The van der Waals surface area contributed by atoms with Gasteiger partial charge in [0.1, 0.15) is 6.04 Å². The van der Waals surface area contributed by atoms with E-state index in [0.717, 1.165) is 39.8 Å². The third kappa shape index (κ3) is 4.93. The molecule has 0 spiro atoms. The van der Waals surface area contributed by atoms with Crippen LogP contribution in [0.25, 0.3) is 0 Å². The van der Waals surface area contributed by atoms with Crippen LogP contribution < -0.4 is 9.62 Å². The SMILES string of the molecule is CCC(C(=O)Nc1c(C)cc(C)cc1C)N(c1cc(C)cc(C)c1)S(C)(=O)=O. The van der Waals surface area contributed by atoms with Gasteiger partial charge in [-0.25, -0.2) is 8.42 Å². The van der Waals surface area contributed by atoms with E-state index < -0.39 is 16.1 Å². The molecule has 6 heteroatoms. The van der Waals surface area contributed by atoms with Gasteiger partial charge in [0.25, 0.3) is 0 Å². The number of anilines is 2. The monoisotopic (exact) mass is 402 g/mol. The Balaban J connectivity index is 2.48. The molecule has 1 N–H and O–H groups in total. The van der Waals surface area contributed by atoms with Gasteiger partial charge in [-0.05, 0) is 75.4 Å². The van der Waals surface area contributed by atoms with Crippen LogP contribution in [0.5, 0.6) is 0 Å². The molecule has 2 aromatic rings. The van der Waals surface area contributed by atoms with Gasteiger partial charge in [0.2, 0.25) is 15.9 Å². The van der Waals surface area contributed by atoms with Crippen molar-refractivity contribution >= 4 is 27.3 Å². The van der Waals surface area contributed by atoms with Crippen LogP contribution >= 0.6 is 0 Å². The van der Waals surface area contributed by atoms with Crippen molar-refractivity contribution in [2.24, 2.45) is 0 Å². The first-order chi connectivity index (χ1) is 12.9. The van der Waals surface area contributed by atoms with Gasteiger partial charge in [-0.15, -0.1) is 0 Å². The molecule has 0 saturated heterocycles. The first kappa shape index (κ1) is 22.0. The zero-order valence-corrected chi connectivity index (χ0v) is 18.6. The minimum Gasteiger partial charge on any atom is -0.324 e. The second kappa shape index (κ2) is 8.35. The highest BCUT2D eigenvalue weighted by Crippen LogP contribution is 2.27. The number of carbonyl (C=O) groups is 1. The third-order valence-corrected chi connectivity index (χ3v) is 5.90. The molecule has 28 heavy (non-hydrogen) atoms. The number of nitrogens with zero attached hydrogens (tertiary/aromatic N) is 1. The number of benzene rings is 2. The van der Waals surface area contributed by atoms with Crippen LogP contribution in [0.1, 0.15) is 41.2 Å². The number of nitrogens with one attached hydrogen (secondary N) is 1. The van der Waals surface area contributed by atoms with E-state index in [2.05, 4.69) is 5.32 Å². The minimum atomic E-state index is -3.65. The summed E-state index contributed by atoms with van der Waals surface area (Å²) in [7, 11) is -3.65. The summed E-state index contributed by atoms with van der Waals surface area (Å²) in [5, 5.41) is 2.96. The maximum Gasteiger partial charge on any atom is 0.248 e.